The molecular formula is C12H16Cl2FN. The molecule has 0 radical (unpaired) electrons. The van der Waals surface area contributed by atoms with E-state index in [0.717, 1.165) is 31.5 Å². The van der Waals surface area contributed by atoms with E-state index in [4.69, 9.17) is 11.6 Å². The summed E-state index contributed by atoms with van der Waals surface area (Å²) in [5, 5.41) is 3.91. The van der Waals surface area contributed by atoms with Gasteiger partial charge in [0, 0.05) is 5.02 Å². The standard InChI is InChI=1S/C12H15ClFN.ClH/c13-11-3-1-9(2-4-11)12(14)10-5-7-15-8-6-10;/h1-4,10,12,15H,5-8H2;1H. The second-order valence-electron chi connectivity index (χ2n) is 4.04. The zero-order valence-corrected chi connectivity index (χ0v) is 10.5. The highest BCUT2D eigenvalue weighted by molar-refractivity contribution is 6.30. The number of halogens is 3. The van der Waals surface area contributed by atoms with Gasteiger partial charge in [-0.05, 0) is 49.5 Å². The third-order valence-electron chi connectivity index (χ3n) is 2.99. The average molecular weight is 264 g/mol. The van der Waals surface area contributed by atoms with E-state index >= 15 is 0 Å². The van der Waals surface area contributed by atoms with Crippen molar-refractivity contribution in [3.8, 4) is 0 Å². The number of hydrogen-bond acceptors (Lipinski definition) is 1. The number of hydrogen-bond donors (Lipinski definition) is 1. The Balaban J connectivity index is 0.00000128. The minimum Gasteiger partial charge on any atom is -0.317 e. The molecule has 1 aromatic carbocycles. The molecule has 1 N–H and O–H groups in total. The normalized spacial score (nSPS) is 18.9. The Labute approximate surface area is 107 Å². The van der Waals surface area contributed by atoms with Crippen LogP contribution in [0, 0.1) is 5.92 Å². The summed E-state index contributed by atoms with van der Waals surface area (Å²) in [4.78, 5) is 0. The highest BCUT2D eigenvalue weighted by Gasteiger charge is 2.24. The number of piperidine rings is 1. The fraction of sp³-hybridized carbons (Fsp3) is 0.500. The van der Waals surface area contributed by atoms with E-state index in [0.29, 0.717) is 5.02 Å². The molecule has 0 aromatic heterocycles. The second-order valence-corrected chi connectivity index (χ2v) is 4.48. The van der Waals surface area contributed by atoms with Crippen molar-refractivity contribution in [1.29, 1.82) is 0 Å². The first-order valence-electron chi connectivity index (χ1n) is 5.37. The van der Waals surface area contributed by atoms with Gasteiger partial charge < -0.3 is 5.32 Å². The van der Waals surface area contributed by atoms with Crippen LogP contribution in [0.4, 0.5) is 4.39 Å². The molecule has 4 heteroatoms. The van der Waals surface area contributed by atoms with Crippen LogP contribution in [0.15, 0.2) is 24.3 Å². The lowest BCUT2D eigenvalue weighted by molar-refractivity contribution is 0.190. The average Bonchev–Trinajstić information content (AvgIpc) is 2.30. The molecule has 1 heterocycles. The Hall–Kier alpha value is -0.310. The Morgan fingerprint density at radius 3 is 2.31 bits per heavy atom. The Morgan fingerprint density at radius 1 is 1.19 bits per heavy atom. The molecule has 90 valence electrons. The second kappa shape index (κ2) is 6.43. The van der Waals surface area contributed by atoms with Gasteiger partial charge in [0.05, 0.1) is 0 Å². The molecule has 1 aromatic rings. The molecule has 1 aliphatic rings. The molecule has 1 atom stereocenters. The first kappa shape index (κ1) is 13.8. The molecule has 1 saturated heterocycles. The Morgan fingerprint density at radius 2 is 1.75 bits per heavy atom. The van der Waals surface area contributed by atoms with Gasteiger partial charge in [-0.1, -0.05) is 23.7 Å². The van der Waals surface area contributed by atoms with Gasteiger partial charge in [-0.3, -0.25) is 0 Å². The third kappa shape index (κ3) is 3.34. The predicted molar refractivity (Wildman–Crippen MR) is 68.1 cm³/mol. The monoisotopic (exact) mass is 263 g/mol. The summed E-state index contributed by atoms with van der Waals surface area (Å²) in [7, 11) is 0. The number of nitrogens with one attached hydrogen (secondary N) is 1. The largest absolute Gasteiger partial charge is 0.317 e. The van der Waals surface area contributed by atoms with Crippen molar-refractivity contribution in [2.75, 3.05) is 13.1 Å². The summed E-state index contributed by atoms with van der Waals surface area (Å²) in [6.07, 6.45) is 0.998. The van der Waals surface area contributed by atoms with E-state index in [1.807, 2.05) is 0 Å². The number of benzene rings is 1. The van der Waals surface area contributed by atoms with Crippen molar-refractivity contribution in [1.82, 2.24) is 5.32 Å². The van der Waals surface area contributed by atoms with E-state index < -0.39 is 6.17 Å². The van der Waals surface area contributed by atoms with Crippen molar-refractivity contribution < 1.29 is 4.39 Å². The lowest BCUT2D eigenvalue weighted by Crippen LogP contribution is -2.29. The highest BCUT2D eigenvalue weighted by atomic mass is 35.5. The van der Waals surface area contributed by atoms with E-state index in [-0.39, 0.29) is 18.3 Å². The Kier molecular flexibility index (Phi) is 5.53. The van der Waals surface area contributed by atoms with E-state index in [2.05, 4.69) is 5.32 Å². The SMILES string of the molecule is Cl.FC(c1ccc(Cl)cc1)C1CCNCC1. The quantitative estimate of drug-likeness (QED) is 0.857. The summed E-state index contributed by atoms with van der Waals surface area (Å²) in [6, 6.07) is 7.08. The maximum absolute atomic E-state index is 14.1. The van der Waals surface area contributed by atoms with Crippen LogP contribution in [-0.2, 0) is 0 Å². The third-order valence-corrected chi connectivity index (χ3v) is 3.24. The summed E-state index contributed by atoms with van der Waals surface area (Å²) >= 11 is 5.77. The fourth-order valence-corrected chi connectivity index (χ4v) is 2.18. The molecule has 1 nitrogen and oxygen atoms in total. The molecule has 0 amide bonds. The van der Waals surface area contributed by atoms with Crippen LogP contribution in [0.25, 0.3) is 0 Å². The number of rotatable bonds is 2. The molecule has 16 heavy (non-hydrogen) atoms. The van der Waals surface area contributed by atoms with Gasteiger partial charge in [0.25, 0.3) is 0 Å². The fourth-order valence-electron chi connectivity index (χ4n) is 2.06. The van der Waals surface area contributed by atoms with Crippen LogP contribution in [0.3, 0.4) is 0 Å². The predicted octanol–water partition coefficient (Wildman–Crippen LogP) is 3.77. The first-order chi connectivity index (χ1) is 7.27. The van der Waals surface area contributed by atoms with Crippen molar-refractivity contribution in [3.05, 3.63) is 34.9 Å². The van der Waals surface area contributed by atoms with E-state index in [1.54, 1.807) is 24.3 Å². The molecule has 2 rings (SSSR count). The van der Waals surface area contributed by atoms with Gasteiger partial charge in [-0.15, -0.1) is 12.4 Å². The summed E-state index contributed by atoms with van der Waals surface area (Å²) in [5.41, 5.74) is 0.756. The van der Waals surface area contributed by atoms with Crippen molar-refractivity contribution in [3.63, 3.8) is 0 Å². The van der Waals surface area contributed by atoms with E-state index in [9.17, 15) is 4.39 Å². The zero-order valence-electron chi connectivity index (χ0n) is 8.96. The maximum Gasteiger partial charge on any atom is 0.128 e. The van der Waals surface area contributed by atoms with Crippen molar-refractivity contribution in [2.45, 2.75) is 19.0 Å². The van der Waals surface area contributed by atoms with Gasteiger partial charge >= 0.3 is 0 Å². The lowest BCUT2D eigenvalue weighted by Gasteiger charge is -2.25. The summed E-state index contributed by atoms with van der Waals surface area (Å²) in [6.45, 7) is 1.86. The van der Waals surface area contributed by atoms with Gasteiger partial charge in [-0.25, -0.2) is 4.39 Å². The summed E-state index contributed by atoms with van der Waals surface area (Å²) in [5.74, 6) is 0.160. The molecule has 0 saturated carbocycles. The van der Waals surface area contributed by atoms with Crippen LogP contribution >= 0.6 is 24.0 Å². The molecule has 0 spiro atoms. The van der Waals surface area contributed by atoms with E-state index in [1.165, 1.54) is 0 Å². The summed E-state index contributed by atoms with van der Waals surface area (Å²) < 4.78 is 14.1. The van der Waals surface area contributed by atoms with Gasteiger partial charge in [-0.2, -0.15) is 0 Å². The lowest BCUT2D eigenvalue weighted by atomic mass is 9.89. The van der Waals surface area contributed by atoms with Crippen LogP contribution < -0.4 is 5.32 Å². The van der Waals surface area contributed by atoms with Gasteiger partial charge in [0.1, 0.15) is 6.17 Å². The number of alkyl halides is 1. The minimum absolute atomic E-state index is 0. The topological polar surface area (TPSA) is 12.0 Å². The highest BCUT2D eigenvalue weighted by Crippen LogP contribution is 2.32. The first-order valence-corrected chi connectivity index (χ1v) is 5.75. The molecule has 0 aliphatic carbocycles. The van der Waals surface area contributed by atoms with Crippen LogP contribution in [0.2, 0.25) is 5.02 Å². The molecule has 1 aliphatic heterocycles. The van der Waals surface area contributed by atoms with Crippen molar-refractivity contribution in [2.24, 2.45) is 5.92 Å². The smallest absolute Gasteiger partial charge is 0.128 e. The van der Waals surface area contributed by atoms with Gasteiger partial charge in [0.15, 0.2) is 0 Å². The minimum atomic E-state index is -0.843. The zero-order chi connectivity index (χ0) is 10.7. The molecule has 1 fully saturated rings. The van der Waals surface area contributed by atoms with Crippen molar-refractivity contribution >= 4 is 24.0 Å². The molecule has 1 unspecified atom stereocenters. The van der Waals surface area contributed by atoms with Gasteiger partial charge in [0.2, 0.25) is 0 Å². The molecular weight excluding hydrogens is 248 g/mol. The van der Waals surface area contributed by atoms with Crippen LogP contribution in [0.1, 0.15) is 24.6 Å². The maximum atomic E-state index is 14.1. The molecule has 0 bridgehead atoms. The van der Waals surface area contributed by atoms with Crippen LogP contribution in [0.5, 0.6) is 0 Å². The van der Waals surface area contributed by atoms with Crippen LogP contribution in [-0.4, -0.2) is 13.1 Å². The Bertz CT molecular complexity index is 309.